The molecule has 1 heterocycles. The van der Waals surface area contributed by atoms with Gasteiger partial charge in [0.05, 0.1) is 11.4 Å². The molecule has 0 fully saturated rings. The number of oxazole rings is 1. The molecule has 0 aliphatic rings. The second-order valence-corrected chi connectivity index (χ2v) is 6.66. The van der Waals surface area contributed by atoms with Crippen LogP contribution in [0.5, 0.6) is 0 Å². The van der Waals surface area contributed by atoms with E-state index >= 15 is 0 Å². The Morgan fingerprint density at radius 2 is 1.62 bits per heavy atom. The zero-order chi connectivity index (χ0) is 19.2. The van der Waals surface area contributed by atoms with Gasteiger partial charge in [-0.05, 0) is 24.3 Å². The number of nitrogens with zero attached hydrogens (tertiary/aromatic N) is 1. The highest BCUT2D eigenvalue weighted by molar-refractivity contribution is 7.89. The molecule has 26 heavy (non-hydrogen) atoms. The third-order valence-electron chi connectivity index (χ3n) is 3.46. The molecule has 3 rings (SSSR count). The monoisotopic (exact) mass is 388 g/mol. The van der Waals surface area contributed by atoms with Crippen LogP contribution in [0.2, 0.25) is 0 Å². The molecule has 0 radical (unpaired) electrons. The summed E-state index contributed by atoms with van der Waals surface area (Å²) in [7, 11) is -4.52. The molecular weight excluding hydrogens is 380 g/mol. The lowest BCUT2D eigenvalue weighted by Gasteiger charge is -2.09. The van der Waals surface area contributed by atoms with Gasteiger partial charge in [0.25, 0.3) is 0 Å². The minimum Gasteiger partial charge on any atom is -0.415 e. The molecule has 0 saturated heterocycles. The fourth-order valence-corrected chi connectivity index (χ4v) is 2.90. The smallest absolute Gasteiger partial charge is 0.415 e. The van der Waals surface area contributed by atoms with Gasteiger partial charge in [-0.2, -0.15) is 0 Å². The minimum atomic E-state index is -4.52. The second kappa shape index (κ2) is 6.11. The van der Waals surface area contributed by atoms with Gasteiger partial charge in [0.2, 0.25) is 10.0 Å². The van der Waals surface area contributed by atoms with E-state index in [1.807, 2.05) is 0 Å². The highest BCUT2D eigenvalue weighted by atomic mass is 32.2. The van der Waals surface area contributed by atoms with Crippen molar-refractivity contribution >= 4 is 10.0 Å². The molecular formula is C15H8F4N2O4S. The van der Waals surface area contributed by atoms with Gasteiger partial charge >= 0.3 is 5.76 Å². The molecule has 0 aliphatic carbocycles. The first-order valence-electron chi connectivity index (χ1n) is 6.78. The van der Waals surface area contributed by atoms with Crippen LogP contribution in [0.3, 0.4) is 0 Å². The largest absolute Gasteiger partial charge is 0.424 e. The number of halogens is 4. The van der Waals surface area contributed by atoms with E-state index in [0.717, 1.165) is 18.4 Å². The van der Waals surface area contributed by atoms with Gasteiger partial charge < -0.3 is 4.42 Å². The van der Waals surface area contributed by atoms with Crippen molar-refractivity contribution in [1.82, 2.24) is 4.57 Å². The summed E-state index contributed by atoms with van der Waals surface area (Å²) in [5.41, 5.74) is -1.11. The average molecular weight is 388 g/mol. The molecule has 1 aromatic heterocycles. The zero-order valence-corrected chi connectivity index (χ0v) is 13.4. The van der Waals surface area contributed by atoms with E-state index in [1.165, 1.54) is 0 Å². The first kappa shape index (κ1) is 17.9. The molecule has 0 bridgehead atoms. The highest BCUT2D eigenvalue weighted by Crippen LogP contribution is 2.28. The van der Waals surface area contributed by atoms with Crippen molar-refractivity contribution in [3.63, 3.8) is 0 Å². The van der Waals surface area contributed by atoms with Crippen molar-refractivity contribution < 1.29 is 30.4 Å². The maximum atomic E-state index is 14.3. The van der Waals surface area contributed by atoms with Crippen molar-refractivity contribution in [2.75, 3.05) is 0 Å². The Morgan fingerprint density at radius 1 is 0.923 bits per heavy atom. The summed E-state index contributed by atoms with van der Waals surface area (Å²) in [6, 6.07) is 3.24. The Morgan fingerprint density at radius 3 is 2.23 bits per heavy atom. The van der Waals surface area contributed by atoms with E-state index in [2.05, 4.69) is 4.42 Å². The fourth-order valence-electron chi connectivity index (χ4n) is 2.31. The van der Waals surface area contributed by atoms with E-state index in [-0.39, 0.29) is 11.4 Å². The van der Waals surface area contributed by atoms with Crippen LogP contribution in [0.25, 0.3) is 16.9 Å². The number of rotatable bonds is 3. The van der Waals surface area contributed by atoms with Gasteiger partial charge in [0.1, 0.15) is 22.8 Å². The quantitative estimate of drug-likeness (QED) is 0.697. The van der Waals surface area contributed by atoms with Crippen LogP contribution in [0.15, 0.2) is 50.7 Å². The van der Waals surface area contributed by atoms with E-state index in [4.69, 9.17) is 5.14 Å². The van der Waals surface area contributed by atoms with Crippen molar-refractivity contribution in [2.45, 2.75) is 4.90 Å². The fraction of sp³-hybridized carbons (Fsp3) is 0. The summed E-state index contributed by atoms with van der Waals surface area (Å²) in [4.78, 5) is 10.8. The van der Waals surface area contributed by atoms with E-state index in [9.17, 15) is 30.8 Å². The summed E-state index contributed by atoms with van der Waals surface area (Å²) in [5, 5.41) is 4.79. The molecule has 2 N–H and O–H groups in total. The molecule has 0 unspecified atom stereocenters. The van der Waals surface area contributed by atoms with Gasteiger partial charge in [0.15, 0.2) is 11.6 Å². The van der Waals surface area contributed by atoms with Gasteiger partial charge in [-0.1, -0.05) is 0 Å². The van der Waals surface area contributed by atoms with Crippen LogP contribution >= 0.6 is 0 Å². The number of benzene rings is 2. The number of sulfonamides is 1. The lowest BCUT2D eigenvalue weighted by molar-refractivity contribution is 0.498. The zero-order valence-electron chi connectivity index (χ0n) is 12.5. The SMILES string of the molecule is NS(=O)(=O)c1cc(F)c(-c2coc(=O)n2-c2ccc(F)c(F)c2)cc1F. The summed E-state index contributed by atoms with van der Waals surface area (Å²) in [6.45, 7) is 0. The Kier molecular flexibility index (Phi) is 4.20. The number of aromatic nitrogens is 1. The van der Waals surface area contributed by atoms with Gasteiger partial charge in [-0.15, -0.1) is 0 Å². The Bertz CT molecular complexity index is 1180. The molecule has 3 aromatic rings. The van der Waals surface area contributed by atoms with Crippen molar-refractivity contribution in [3.05, 3.63) is 70.4 Å². The van der Waals surface area contributed by atoms with Crippen LogP contribution in [0.1, 0.15) is 0 Å². The predicted molar refractivity (Wildman–Crippen MR) is 80.9 cm³/mol. The Labute approximate surface area is 143 Å². The molecule has 6 nitrogen and oxygen atoms in total. The van der Waals surface area contributed by atoms with Crippen molar-refractivity contribution in [2.24, 2.45) is 5.14 Å². The molecule has 0 spiro atoms. The summed E-state index contributed by atoms with van der Waals surface area (Å²) in [5.74, 6) is -6.14. The van der Waals surface area contributed by atoms with Gasteiger partial charge in [-0.25, -0.2) is 40.5 Å². The number of hydrogen-bond donors (Lipinski definition) is 1. The van der Waals surface area contributed by atoms with E-state index < -0.39 is 49.5 Å². The number of primary sulfonamides is 1. The van der Waals surface area contributed by atoms with E-state index in [0.29, 0.717) is 22.8 Å². The van der Waals surface area contributed by atoms with Crippen LogP contribution in [0.4, 0.5) is 17.6 Å². The number of hydrogen-bond acceptors (Lipinski definition) is 4. The molecule has 11 heteroatoms. The first-order valence-corrected chi connectivity index (χ1v) is 8.32. The third-order valence-corrected chi connectivity index (χ3v) is 4.39. The molecule has 0 atom stereocenters. The van der Waals surface area contributed by atoms with Crippen molar-refractivity contribution in [1.29, 1.82) is 0 Å². The number of nitrogens with two attached hydrogens (primary N) is 1. The maximum Gasteiger partial charge on any atom is 0.424 e. The maximum absolute atomic E-state index is 14.3. The Balaban J connectivity index is 2.26. The molecule has 0 amide bonds. The van der Waals surface area contributed by atoms with Gasteiger partial charge in [0, 0.05) is 11.6 Å². The van der Waals surface area contributed by atoms with Gasteiger partial charge in [-0.3, -0.25) is 0 Å². The van der Waals surface area contributed by atoms with Crippen LogP contribution < -0.4 is 10.9 Å². The minimum absolute atomic E-state index is 0.215. The second-order valence-electron chi connectivity index (χ2n) is 5.13. The summed E-state index contributed by atoms with van der Waals surface area (Å²) < 4.78 is 82.6. The van der Waals surface area contributed by atoms with Crippen molar-refractivity contribution in [3.8, 4) is 16.9 Å². The lowest BCUT2D eigenvalue weighted by atomic mass is 10.1. The summed E-state index contributed by atoms with van der Waals surface area (Å²) >= 11 is 0. The predicted octanol–water partition coefficient (Wildman–Crippen LogP) is 2.30. The molecule has 0 aliphatic heterocycles. The molecule has 136 valence electrons. The summed E-state index contributed by atoms with van der Waals surface area (Å²) in [6.07, 6.45) is 0.762. The first-order chi connectivity index (χ1) is 12.1. The highest BCUT2D eigenvalue weighted by Gasteiger charge is 2.22. The van der Waals surface area contributed by atoms with Crippen LogP contribution in [-0.4, -0.2) is 13.0 Å². The Hall–Kier alpha value is -2.92. The average Bonchev–Trinajstić information content (AvgIpc) is 2.92. The third kappa shape index (κ3) is 3.02. The topological polar surface area (TPSA) is 95.3 Å². The van der Waals surface area contributed by atoms with E-state index in [1.54, 1.807) is 0 Å². The normalized spacial score (nSPS) is 11.7. The molecule has 2 aromatic carbocycles. The van der Waals surface area contributed by atoms with Crippen LogP contribution in [0, 0.1) is 23.3 Å². The standard InChI is InChI=1S/C15H8F4N2O4S/c16-9-2-1-7(3-11(9)18)21-13(6-25-15(21)22)8-4-12(19)14(5-10(8)17)26(20,23)24/h1-6H,(H2,20,23,24). The van der Waals surface area contributed by atoms with Crippen LogP contribution in [-0.2, 0) is 10.0 Å². The lowest BCUT2D eigenvalue weighted by Crippen LogP contribution is -2.16. The molecule has 0 saturated carbocycles.